The van der Waals surface area contributed by atoms with Crippen LogP contribution >= 0.6 is 0 Å². The van der Waals surface area contributed by atoms with Gasteiger partial charge >= 0.3 is 0 Å². The summed E-state index contributed by atoms with van der Waals surface area (Å²) >= 11 is 0. The molecule has 3 rings (SSSR count). The van der Waals surface area contributed by atoms with Crippen molar-refractivity contribution in [1.29, 1.82) is 0 Å². The number of rotatable bonds is 1. The summed E-state index contributed by atoms with van der Waals surface area (Å²) in [7, 11) is 0. The van der Waals surface area contributed by atoms with Crippen LogP contribution in [0.3, 0.4) is 0 Å². The van der Waals surface area contributed by atoms with E-state index in [-0.39, 0.29) is 5.60 Å². The number of nitrogens with one attached hydrogen (secondary N) is 1. The van der Waals surface area contributed by atoms with Crippen LogP contribution in [0.25, 0.3) is 0 Å². The van der Waals surface area contributed by atoms with Gasteiger partial charge in [-0.1, -0.05) is 6.07 Å². The number of aryl methyl sites for hydroxylation is 1. The maximum Gasteiger partial charge on any atom is 0.128 e. The smallest absolute Gasteiger partial charge is 0.128 e. The van der Waals surface area contributed by atoms with Crippen LogP contribution in [-0.2, 0) is 4.74 Å². The predicted octanol–water partition coefficient (Wildman–Crippen LogP) is 0.569. The van der Waals surface area contributed by atoms with Gasteiger partial charge in [-0.3, -0.25) is 0 Å². The summed E-state index contributed by atoms with van der Waals surface area (Å²) in [6.07, 6.45) is 1.92. The van der Waals surface area contributed by atoms with E-state index in [0.29, 0.717) is 0 Å². The zero-order valence-electron chi connectivity index (χ0n) is 9.57. The molecule has 0 aromatic carbocycles. The van der Waals surface area contributed by atoms with Crippen LogP contribution in [0.15, 0.2) is 18.3 Å². The number of aromatic nitrogens is 1. The first kappa shape index (κ1) is 10.1. The van der Waals surface area contributed by atoms with Gasteiger partial charge in [0.25, 0.3) is 0 Å². The van der Waals surface area contributed by atoms with E-state index in [1.165, 1.54) is 5.56 Å². The standard InChI is InChI=1S/C12H17N3O/c1-10-2-3-11(14-6-10)15-8-12(9-15)7-13-4-5-16-12/h2-3,6,13H,4-5,7-9H2,1H3. The van der Waals surface area contributed by atoms with E-state index in [1.54, 1.807) is 0 Å². The highest BCUT2D eigenvalue weighted by Crippen LogP contribution is 2.29. The van der Waals surface area contributed by atoms with E-state index in [2.05, 4.69) is 34.3 Å². The molecule has 0 aliphatic carbocycles. The molecule has 3 heterocycles. The Bertz CT molecular complexity index is 362. The number of morpholine rings is 1. The second-order valence-corrected chi connectivity index (χ2v) is 4.76. The Kier molecular flexibility index (Phi) is 2.33. The second-order valence-electron chi connectivity index (χ2n) is 4.76. The van der Waals surface area contributed by atoms with Crippen LogP contribution in [0, 0.1) is 6.92 Å². The van der Waals surface area contributed by atoms with Gasteiger partial charge in [0.2, 0.25) is 0 Å². The molecule has 2 fully saturated rings. The second kappa shape index (κ2) is 3.71. The lowest BCUT2D eigenvalue weighted by Gasteiger charge is -2.52. The van der Waals surface area contributed by atoms with Crippen molar-refractivity contribution in [3.8, 4) is 0 Å². The van der Waals surface area contributed by atoms with Crippen molar-refractivity contribution in [1.82, 2.24) is 10.3 Å². The topological polar surface area (TPSA) is 37.4 Å². The molecule has 0 atom stereocenters. The van der Waals surface area contributed by atoms with Gasteiger partial charge in [0.15, 0.2) is 0 Å². The summed E-state index contributed by atoms with van der Waals surface area (Å²) in [5.74, 6) is 1.06. The lowest BCUT2D eigenvalue weighted by molar-refractivity contribution is -0.0831. The summed E-state index contributed by atoms with van der Waals surface area (Å²) in [5.41, 5.74) is 1.25. The Morgan fingerprint density at radius 3 is 2.94 bits per heavy atom. The zero-order valence-corrected chi connectivity index (χ0v) is 9.57. The first-order chi connectivity index (χ1) is 7.77. The highest BCUT2D eigenvalue weighted by Gasteiger charge is 2.45. The predicted molar refractivity (Wildman–Crippen MR) is 62.7 cm³/mol. The third-order valence-corrected chi connectivity index (χ3v) is 3.31. The van der Waals surface area contributed by atoms with Gasteiger partial charge in [0.05, 0.1) is 19.7 Å². The molecule has 0 unspecified atom stereocenters. The lowest BCUT2D eigenvalue weighted by Crippen LogP contribution is -2.70. The van der Waals surface area contributed by atoms with Gasteiger partial charge in [0.1, 0.15) is 11.4 Å². The number of pyridine rings is 1. The molecule has 4 heteroatoms. The maximum atomic E-state index is 5.84. The van der Waals surface area contributed by atoms with E-state index in [4.69, 9.17) is 4.74 Å². The molecule has 4 nitrogen and oxygen atoms in total. The van der Waals surface area contributed by atoms with Crippen LogP contribution < -0.4 is 10.2 Å². The molecular formula is C12H17N3O. The first-order valence-electron chi connectivity index (χ1n) is 5.80. The van der Waals surface area contributed by atoms with Crippen LogP contribution in [0.4, 0.5) is 5.82 Å². The number of hydrogen-bond acceptors (Lipinski definition) is 4. The van der Waals surface area contributed by atoms with Crippen molar-refractivity contribution < 1.29 is 4.74 Å². The van der Waals surface area contributed by atoms with Gasteiger partial charge in [-0.2, -0.15) is 0 Å². The van der Waals surface area contributed by atoms with Crippen LogP contribution in [0.5, 0.6) is 0 Å². The van der Waals surface area contributed by atoms with Crippen molar-refractivity contribution >= 4 is 5.82 Å². The molecule has 0 radical (unpaired) electrons. The Balaban J connectivity index is 1.66. The van der Waals surface area contributed by atoms with E-state index in [9.17, 15) is 0 Å². The molecule has 0 amide bonds. The average molecular weight is 219 g/mol. The third-order valence-electron chi connectivity index (χ3n) is 3.31. The van der Waals surface area contributed by atoms with Crippen LogP contribution in [-0.4, -0.2) is 43.4 Å². The summed E-state index contributed by atoms with van der Waals surface area (Å²) < 4.78 is 5.84. The van der Waals surface area contributed by atoms with Gasteiger partial charge in [0, 0.05) is 19.3 Å². The van der Waals surface area contributed by atoms with Crippen molar-refractivity contribution in [2.24, 2.45) is 0 Å². The summed E-state index contributed by atoms with van der Waals surface area (Å²) in [6, 6.07) is 4.19. The van der Waals surface area contributed by atoms with Crippen molar-refractivity contribution in [3.05, 3.63) is 23.9 Å². The van der Waals surface area contributed by atoms with Gasteiger partial charge in [-0.15, -0.1) is 0 Å². The average Bonchev–Trinajstić information content (AvgIpc) is 2.28. The van der Waals surface area contributed by atoms with E-state index >= 15 is 0 Å². The minimum absolute atomic E-state index is 0.0464. The summed E-state index contributed by atoms with van der Waals surface area (Å²) in [6.45, 7) is 6.74. The molecule has 0 bridgehead atoms. The molecule has 2 aliphatic rings. The molecule has 2 saturated heterocycles. The summed E-state index contributed by atoms with van der Waals surface area (Å²) in [5, 5.41) is 3.39. The quantitative estimate of drug-likeness (QED) is 0.749. The highest BCUT2D eigenvalue weighted by atomic mass is 16.5. The largest absolute Gasteiger partial charge is 0.369 e. The van der Waals surface area contributed by atoms with E-state index < -0.39 is 0 Å². The Labute approximate surface area is 95.6 Å². The van der Waals surface area contributed by atoms with E-state index in [0.717, 1.165) is 38.6 Å². The fourth-order valence-corrected chi connectivity index (χ4v) is 2.37. The molecule has 2 aliphatic heterocycles. The monoisotopic (exact) mass is 219 g/mol. The molecular weight excluding hydrogens is 202 g/mol. The molecule has 1 aromatic heterocycles. The summed E-state index contributed by atoms with van der Waals surface area (Å²) in [4.78, 5) is 6.70. The van der Waals surface area contributed by atoms with Crippen molar-refractivity contribution in [2.45, 2.75) is 12.5 Å². The minimum atomic E-state index is 0.0464. The number of nitrogens with zero attached hydrogens (tertiary/aromatic N) is 2. The zero-order chi connectivity index (χ0) is 11.0. The normalized spacial score (nSPS) is 23.2. The molecule has 1 spiro atoms. The molecule has 1 N–H and O–H groups in total. The van der Waals surface area contributed by atoms with Crippen molar-refractivity contribution in [3.63, 3.8) is 0 Å². The Morgan fingerprint density at radius 2 is 2.31 bits per heavy atom. The molecule has 86 valence electrons. The van der Waals surface area contributed by atoms with Crippen LogP contribution in [0.2, 0.25) is 0 Å². The SMILES string of the molecule is Cc1ccc(N2CC3(CNCCO3)C2)nc1. The highest BCUT2D eigenvalue weighted by molar-refractivity contribution is 5.44. The number of ether oxygens (including phenoxy) is 1. The van der Waals surface area contributed by atoms with E-state index in [1.807, 2.05) is 6.20 Å². The van der Waals surface area contributed by atoms with Gasteiger partial charge < -0.3 is 15.0 Å². The van der Waals surface area contributed by atoms with Gasteiger partial charge in [-0.05, 0) is 18.6 Å². The first-order valence-corrected chi connectivity index (χ1v) is 5.80. The van der Waals surface area contributed by atoms with Gasteiger partial charge in [-0.25, -0.2) is 4.98 Å². The maximum absolute atomic E-state index is 5.84. The fraction of sp³-hybridized carbons (Fsp3) is 0.583. The Morgan fingerprint density at radius 1 is 1.44 bits per heavy atom. The molecule has 16 heavy (non-hydrogen) atoms. The third kappa shape index (κ3) is 1.68. The molecule has 1 aromatic rings. The number of anilines is 1. The minimum Gasteiger partial charge on any atom is -0.369 e. The van der Waals surface area contributed by atoms with Crippen LogP contribution in [0.1, 0.15) is 5.56 Å². The van der Waals surface area contributed by atoms with Crippen molar-refractivity contribution in [2.75, 3.05) is 37.7 Å². The number of hydrogen-bond donors (Lipinski definition) is 1. The molecule has 0 saturated carbocycles. The fourth-order valence-electron chi connectivity index (χ4n) is 2.37. The Hall–Kier alpha value is -1.13. The lowest BCUT2D eigenvalue weighted by atomic mass is 9.92.